The first-order valence-electron chi connectivity index (χ1n) is 7.81. The van der Waals surface area contributed by atoms with Crippen molar-refractivity contribution in [2.45, 2.75) is 6.10 Å². The van der Waals surface area contributed by atoms with Crippen LogP contribution in [0.3, 0.4) is 0 Å². The smallest absolute Gasteiger partial charge is 0.231 e. The highest BCUT2D eigenvalue weighted by molar-refractivity contribution is 5.80. The first-order valence-corrected chi connectivity index (χ1v) is 7.81. The molecular formula is C17H22N4O2. The van der Waals surface area contributed by atoms with Gasteiger partial charge in [0.2, 0.25) is 5.91 Å². The number of benzene rings is 1. The number of carbonyl (C=O) groups is 1. The Balaban J connectivity index is 1.68. The number of morpholine rings is 1. The number of hydrogen-bond acceptors (Lipinski definition) is 5. The Morgan fingerprint density at radius 3 is 3.04 bits per heavy atom. The molecule has 2 heterocycles. The quantitative estimate of drug-likeness (QED) is 0.886. The van der Waals surface area contributed by atoms with Crippen LogP contribution < -0.4 is 10.6 Å². The molecule has 1 saturated heterocycles. The zero-order valence-corrected chi connectivity index (χ0v) is 13.3. The molecule has 0 aliphatic carbocycles. The van der Waals surface area contributed by atoms with E-state index in [2.05, 4.69) is 23.1 Å². The van der Waals surface area contributed by atoms with Gasteiger partial charge in [0.05, 0.1) is 24.8 Å². The van der Waals surface area contributed by atoms with E-state index in [0.717, 1.165) is 29.8 Å². The van der Waals surface area contributed by atoms with Crippen molar-refractivity contribution in [2.75, 3.05) is 44.7 Å². The van der Waals surface area contributed by atoms with Crippen molar-refractivity contribution >= 4 is 22.6 Å². The number of anilines is 1. The van der Waals surface area contributed by atoms with Gasteiger partial charge in [-0.25, -0.2) is 4.98 Å². The molecule has 1 aliphatic heterocycles. The number of ether oxygens (including phenoxy) is 1. The lowest BCUT2D eigenvalue weighted by Gasteiger charge is -2.35. The van der Waals surface area contributed by atoms with Crippen molar-refractivity contribution in [3.63, 3.8) is 0 Å². The molecule has 23 heavy (non-hydrogen) atoms. The summed E-state index contributed by atoms with van der Waals surface area (Å²) in [6.07, 6.45) is 0.0429. The van der Waals surface area contributed by atoms with Crippen LogP contribution in [0, 0.1) is 0 Å². The fourth-order valence-electron chi connectivity index (χ4n) is 2.95. The molecule has 1 aromatic heterocycles. The number of carbonyl (C=O) groups excluding carboxylic acids is 1. The normalized spacial score (nSPS) is 18.5. The Morgan fingerprint density at radius 1 is 1.39 bits per heavy atom. The molecule has 0 spiro atoms. The third kappa shape index (κ3) is 3.97. The number of amides is 1. The molecule has 122 valence electrons. The molecule has 0 unspecified atom stereocenters. The van der Waals surface area contributed by atoms with Gasteiger partial charge >= 0.3 is 0 Å². The molecule has 2 N–H and O–H groups in total. The molecular weight excluding hydrogens is 292 g/mol. The van der Waals surface area contributed by atoms with Gasteiger partial charge in [-0.1, -0.05) is 18.2 Å². The Hall–Kier alpha value is -2.18. The summed E-state index contributed by atoms with van der Waals surface area (Å²) in [7, 11) is 1.88. The molecule has 1 fully saturated rings. The number of likely N-dealkylation sites (N-methyl/N-ethyl adjacent to an activating group) is 1. The zero-order valence-electron chi connectivity index (χ0n) is 13.3. The SMILES string of the molecule is CN(CC(N)=O)C[C@@H]1CN(c2ccc3ccccc3n2)CCO1. The minimum atomic E-state index is -0.323. The van der Waals surface area contributed by atoms with E-state index in [1.165, 1.54) is 0 Å². The lowest BCUT2D eigenvalue weighted by molar-refractivity contribution is -0.119. The monoisotopic (exact) mass is 314 g/mol. The van der Waals surface area contributed by atoms with Crippen molar-refractivity contribution in [1.29, 1.82) is 0 Å². The summed E-state index contributed by atoms with van der Waals surface area (Å²) in [5, 5.41) is 1.14. The molecule has 6 nitrogen and oxygen atoms in total. The highest BCUT2D eigenvalue weighted by Crippen LogP contribution is 2.20. The maximum atomic E-state index is 11.0. The number of hydrogen-bond donors (Lipinski definition) is 1. The number of nitrogens with two attached hydrogens (primary N) is 1. The summed E-state index contributed by atoms with van der Waals surface area (Å²) < 4.78 is 5.81. The van der Waals surface area contributed by atoms with Gasteiger partial charge in [-0.15, -0.1) is 0 Å². The van der Waals surface area contributed by atoms with E-state index in [0.29, 0.717) is 13.2 Å². The average Bonchev–Trinajstić information content (AvgIpc) is 2.54. The Labute approximate surface area is 135 Å². The van der Waals surface area contributed by atoms with E-state index in [-0.39, 0.29) is 18.6 Å². The van der Waals surface area contributed by atoms with Crippen molar-refractivity contribution in [3.8, 4) is 0 Å². The lowest BCUT2D eigenvalue weighted by Crippen LogP contribution is -2.48. The summed E-state index contributed by atoms with van der Waals surface area (Å²) in [6, 6.07) is 12.3. The molecule has 6 heteroatoms. The molecule has 1 aliphatic rings. The summed E-state index contributed by atoms with van der Waals surface area (Å²) >= 11 is 0. The zero-order chi connectivity index (χ0) is 16.2. The number of aromatic nitrogens is 1. The standard InChI is InChI=1S/C17H22N4O2/c1-20(12-16(18)22)10-14-11-21(8-9-23-14)17-7-6-13-4-2-3-5-15(13)19-17/h2-7,14H,8-12H2,1H3,(H2,18,22)/t14-/m1/s1. The second-order valence-electron chi connectivity index (χ2n) is 5.96. The fourth-order valence-corrected chi connectivity index (χ4v) is 2.95. The molecule has 1 atom stereocenters. The number of pyridine rings is 1. The van der Waals surface area contributed by atoms with E-state index >= 15 is 0 Å². The number of primary amides is 1. The van der Waals surface area contributed by atoms with Gasteiger partial charge in [-0.3, -0.25) is 9.69 Å². The minimum absolute atomic E-state index is 0.0429. The maximum absolute atomic E-state index is 11.0. The van der Waals surface area contributed by atoms with Crippen LogP contribution in [0.2, 0.25) is 0 Å². The van der Waals surface area contributed by atoms with Crippen LogP contribution in [-0.4, -0.2) is 61.7 Å². The summed E-state index contributed by atoms with van der Waals surface area (Å²) in [5.74, 6) is 0.644. The minimum Gasteiger partial charge on any atom is -0.373 e. The van der Waals surface area contributed by atoms with Gasteiger partial charge in [0.1, 0.15) is 5.82 Å². The third-order valence-corrected chi connectivity index (χ3v) is 3.99. The third-order valence-electron chi connectivity index (χ3n) is 3.99. The summed E-state index contributed by atoms with van der Waals surface area (Å²) in [4.78, 5) is 19.9. The number of fused-ring (bicyclic) bond motifs is 1. The molecule has 0 saturated carbocycles. The van der Waals surface area contributed by atoms with E-state index in [9.17, 15) is 4.79 Å². The van der Waals surface area contributed by atoms with Crippen molar-refractivity contribution in [2.24, 2.45) is 5.73 Å². The van der Waals surface area contributed by atoms with Crippen LogP contribution in [0.5, 0.6) is 0 Å². The molecule has 0 bridgehead atoms. The van der Waals surface area contributed by atoms with Crippen molar-refractivity contribution < 1.29 is 9.53 Å². The Bertz CT molecular complexity index is 691. The average molecular weight is 314 g/mol. The van der Waals surface area contributed by atoms with E-state index in [1.807, 2.05) is 30.1 Å². The molecule has 2 aromatic rings. The lowest BCUT2D eigenvalue weighted by atomic mass is 10.2. The largest absolute Gasteiger partial charge is 0.373 e. The van der Waals surface area contributed by atoms with Gasteiger partial charge in [0.25, 0.3) is 0 Å². The van der Waals surface area contributed by atoms with E-state index in [4.69, 9.17) is 15.5 Å². The van der Waals surface area contributed by atoms with Gasteiger partial charge in [-0.05, 0) is 25.2 Å². The van der Waals surface area contributed by atoms with Gasteiger partial charge < -0.3 is 15.4 Å². The van der Waals surface area contributed by atoms with E-state index < -0.39 is 0 Å². The van der Waals surface area contributed by atoms with Crippen LogP contribution in [-0.2, 0) is 9.53 Å². The van der Waals surface area contributed by atoms with Crippen LogP contribution >= 0.6 is 0 Å². The predicted molar refractivity (Wildman–Crippen MR) is 90.4 cm³/mol. The first-order chi connectivity index (χ1) is 11.1. The number of para-hydroxylation sites is 1. The Kier molecular flexibility index (Phi) is 4.73. The fraction of sp³-hybridized carbons (Fsp3) is 0.412. The number of rotatable bonds is 5. The molecule has 3 rings (SSSR count). The highest BCUT2D eigenvalue weighted by atomic mass is 16.5. The van der Waals surface area contributed by atoms with E-state index in [1.54, 1.807) is 0 Å². The Morgan fingerprint density at radius 2 is 2.22 bits per heavy atom. The van der Waals surface area contributed by atoms with Crippen LogP contribution in [0.4, 0.5) is 5.82 Å². The summed E-state index contributed by atoms with van der Waals surface area (Å²) in [6.45, 7) is 3.15. The second-order valence-corrected chi connectivity index (χ2v) is 5.96. The molecule has 0 radical (unpaired) electrons. The number of nitrogens with zero attached hydrogens (tertiary/aromatic N) is 3. The predicted octanol–water partition coefficient (Wildman–Crippen LogP) is 0.857. The highest BCUT2D eigenvalue weighted by Gasteiger charge is 2.23. The van der Waals surface area contributed by atoms with Crippen molar-refractivity contribution in [1.82, 2.24) is 9.88 Å². The summed E-state index contributed by atoms with van der Waals surface area (Å²) in [5.41, 5.74) is 6.23. The maximum Gasteiger partial charge on any atom is 0.231 e. The van der Waals surface area contributed by atoms with Gasteiger partial charge in [0, 0.05) is 25.0 Å². The van der Waals surface area contributed by atoms with Crippen LogP contribution in [0.15, 0.2) is 36.4 Å². The first kappa shape index (κ1) is 15.7. The van der Waals surface area contributed by atoms with Gasteiger partial charge in [0.15, 0.2) is 0 Å². The van der Waals surface area contributed by atoms with Crippen LogP contribution in [0.1, 0.15) is 0 Å². The molecule has 1 amide bonds. The van der Waals surface area contributed by atoms with Crippen LogP contribution in [0.25, 0.3) is 10.9 Å². The topological polar surface area (TPSA) is 71.7 Å². The van der Waals surface area contributed by atoms with Gasteiger partial charge in [-0.2, -0.15) is 0 Å². The second kappa shape index (κ2) is 6.93. The molecule has 1 aromatic carbocycles. The van der Waals surface area contributed by atoms with Crippen molar-refractivity contribution in [3.05, 3.63) is 36.4 Å².